The van der Waals surface area contributed by atoms with E-state index in [9.17, 15) is 4.79 Å². The highest BCUT2D eigenvalue weighted by Gasteiger charge is 2.13. The van der Waals surface area contributed by atoms with Gasteiger partial charge in [-0.3, -0.25) is 4.79 Å². The van der Waals surface area contributed by atoms with Crippen molar-refractivity contribution < 1.29 is 4.79 Å². The first kappa shape index (κ1) is 18.5. The number of carbonyl (C=O) groups excluding carboxylic acids is 1. The van der Waals surface area contributed by atoms with Crippen molar-refractivity contribution in [2.24, 2.45) is 0 Å². The van der Waals surface area contributed by atoms with Gasteiger partial charge in [0.1, 0.15) is 0 Å². The molecule has 1 fully saturated rings. The monoisotopic (exact) mass is 372 g/mol. The largest absolute Gasteiger partial charge is 0.385 e. The topological polar surface area (TPSA) is 47.6 Å². The minimum atomic E-state index is -0.0196. The van der Waals surface area contributed by atoms with E-state index >= 15 is 0 Å². The van der Waals surface area contributed by atoms with Crippen LogP contribution in [0.4, 0.5) is 17.1 Å². The molecule has 26 heavy (non-hydrogen) atoms. The fourth-order valence-electron chi connectivity index (χ4n) is 2.93. The summed E-state index contributed by atoms with van der Waals surface area (Å²) in [5.41, 5.74) is 3.04. The molecule has 2 N–H and O–H groups in total. The lowest BCUT2D eigenvalue weighted by molar-refractivity contribution is -0.115. The first-order valence-corrected chi connectivity index (χ1v) is 9.31. The SMILES string of the molecule is CN1CCN(c2ccc(NCCC(=O)Nc3ccc(Cl)cc3)cc2)CC1. The minimum Gasteiger partial charge on any atom is -0.385 e. The molecular weight excluding hydrogens is 348 g/mol. The lowest BCUT2D eigenvalue weighted by atomic mass is 10.2. The van der Waals surface area contributed by atoms with Crippen molar-refractivity contribution in [3.05, 3.63) is 53.6 Å². The van der Waals surface area contributed by atoms with Gasteiger partial charge in [0.05, 0.1) is 0 Å². The van der Waals surface area contributed by atoms with Gasteiger partial charge in [-0.15, -0.1) is 0 Å². The maximum Gasteiger partial charge on any atom is 0.226 e. The number of likely N-dealkylation sites (N-methyl/N-ethyl adjacent to an activating group) is 1. The zero-order chi connectivity index (χ0) is 18.4. The van der Waals surface area contributed by atoms with E-state index < -0.39 is 0 Å². The average molecular weight is 373 g/mol. The Kier molecular flexibility index (Phi) is 6.36. The second-order valence-corrected chi connectivity index (χ2v) is 7.01. The first-order chi connectivity index (χ1) is 12.6. The van der Waals surface area contributed by atoms with Gasteiger partial charge in [0.15, 0.2) is 0 Å². The molecule has 1 heterocycles. The van der Waals surface area contributed by atoms with Crippen molar-refractivity contribution in [3.8, 4) is 0 Å². The molecule has 3 rings (SSSR count). The lowest BCUT2D eigenvalue weighted by Crippen LogP contribution is -2.44. The highest BCUT2D eigenvalue weighted by atomic mass is 35.5. The Morgan fingerprint density at radius 2 is 1.58 bits per heavy atom. The number of anilines is 3. The highest BCUT2D eigenvalue weighted by Crippen LogP contribution is 2.19. The first-order valence-electron chi connectivity index (χ1n) is 8.93. The molecule has 0 saturated carbocycles. The van der Waals surface area contributed by atoms with Crippen LogP contribution in [0.3, 0.4) is 0 Å². The fraction of sp³-hybridized carbons (Fsp3) is 0.350. The molecule has 0 atom stereocenters. The number of amides is 1. The summed E-state index contributed by atoms with van der Waals surface area (Å²) in [6.45, 7) is 4.92. The maximum atomic E-state index is 12.0. The summed E-state index contributed by atoms with van der Waals surface area (Å²) >= 11 is 5.84. The van der Waals surface area contributed by atoms with E-state index in [1.165, 1.54) is 5.69 Å². The van der Waals surface area contributed by atoms with Crippen molar-refractivity contribution in [1.29, 1.82) is 0 Å². The molecule has 0 unspecified atom stereocenters. The van der Waals surface area contributed by atoms with E-state index in [-0.39, 0.29) is 5.91 Å². The Hall–Kier alpha value is -2.24. The second-order valence-electron chi connectivity index (χ2n) is 6.57. The van der Waals surface area contributed by atoms with E-state index in [0.29, 0.717) is 18.0 Å². The van der Waals surface area contributed by atoms with Gasteiger partial charge in [-0.2, -0.15) is 0 Å². The van der Waals surface area contributed by atoms with Crippen LogP contribution in [-0.4, -0.2) is 50.6 Å². The van der Waals surface area contributed by atoms with Crippen LogP contribution < -0.4 is 15.5 Å². The summed E-state index contributed by atoms with van der Waals surface area (Å²) in [4.78, 5) is 16.7. The van der Waals surface area contributed by atoms with E-state index in [4.69, 9.17) is 11.6 Å². The third-order valence-corrected chi connectivity index (χ3v) is 4.80. The molecule has 2 aromatic carbocycles. The predicted molar refractivity (Wildman–Crippen MR) is 109 cm³/mol. The molecule has 0 spiro atoms. The number of hydrogen-bond donors (Lipinski definition) is 2. The smallest absolute Gasteiger partial charge is 0.226 e. The van der Waals surface area contributed by atoms with E-state index in [0.717, 1.165) is 37.6 Å². The highest BCUT2D eigenvalue weighted by molar-refractivity contribution is 6.30. The quantitative estimate of drug-likeness (QED) is 0.814. The summed E-state index contributed by atoms with van der Waals surface area (Å²) in [6, 6.07) is 15.5. The van der Waals surface area contributed by atoms with Gasteiger partial charge in [0.2, 0.25) is 5.91 Å². The normalized spacial score (nSPS) is 14.9. The van der Waals surface area contributed by atoms with Gasteiger partial charge in [-0.25, -0.2) is 0 Å². The number of nitrogens with one attached hydrogen (secondary N) is 2. The summed E-state index contributed by atoms with van der Waals surface area (Å²) in [7, 11) is 2.16. The molecule has 0 bridgehead atoms. The third-order valence-electron chi connectivity index (χ3n) is 4.54. The van der Waals surface area contributed by atoms with Crippen LogP contribution >= 0.6 is 11.6 Å². The van der Waals surface area contributed by atoms with Crippen LogP contribution in [0, 0.1) is 0 Å². The number of benzene rings is 2. The summed E-state index contributed by atoms with van der Waals surface area (Å²) in [5, 5.41) is 6.82. The van der Waals surface area contributed by atoms with Crippen LogP contribution in [-0.2, 0) is 4.79 Å². The Bertz CT molecular complexity index is 710. The summed E-state index contributed by atoms with van der Waals surface area (Å²) in [5.74, 6) is -0.0196. The predicted octanol–water partition coefficient (Wildman–Crippen LogP) is 3.53. The molecule has 2 aromatic rings. The standard InChI is InChI=1S/C20H25ClN4O/c1-24-12-14-25(15-13-24)19-8-6-17(7-9-19)22-11-10-20(26)23-18-4-2-16(21)3-5-18/h2-9,22H,10-15H2,1H3,(H,23,26). The minimum absolute atomic E-state index is 0.0196. The van der Waals surface area contributed by atoms with Gasteiger partial charge in [-0.1, -0.05) is 11.6 Å². The molecular formula is C20H25ClN4O. The third kappa shape index (κ3) is 5.38. The van der Waals surface area contributed by atoms with Crippen LogP contribution in [0.5, 0.6) is 0 Å². The molecule has 0 radical (unpaired) electrons. The molecule has 1 aliphatic rings. The number of piperazine rings is 1. The zero-order valence-electron chi connectivity index (χ0n) is 15.0. The van der Waals surface area contributed by atoms with Crippen molar-refractivity contribution in [3.63, 3.8) is 0 Å². The number of halogens is 1. The zero-order valence-corrected chi connectivity index (χ0v) is 15.8. The molecule has 6 heteroatoms. The molecule has 1 amide bonds. The number of nitrogens with zero attached hydrogens (tertiary/aromatic N) is 2. The maximum absolute atomic E-state index is 12.0. The Morgan fingerprint density at radius 3 is 2.23 bits per heavy atom. The van der Waals surface area contributed by atoms with Crippen LogP contribution in [0.15, 0.2) is 48.5 Å². The Labute approximate surface area is 159 Å². The Balaban J connectivity index is 1.41. The van der Waals surface area contributed by atoms with Gasteiger partial charge in [0, 0.05) is 61.2 Å². The molecule has 5 nitrogen and oxygen atoms in total. The van der Waals surface area contributed by atoms with E-state index in [2.05, 4.69) is 51.7 Å². The van der Waals surface area contributed by atoms with Crippen LogP contribution in [0.25, 0.3) is 0 Å². The molecule has 0 aromatic heterocycles. The number of rotatable bonds is 6. The van der Waals surface area contributed by atoms with Crippen molar-refractivity contribution in [2.45, 2.75) is 6.42 Å². The van der Waals surface area contributed by atoms with Crippen molar-refractivity contribution in [2.75, 3.05) is 55.3 Å². The molecule has 1 aliphatic heterocycles. The average Bonchev–Trinajstić information content (AvgIpc) is 2.65. The molecule has 138 valence electrons. The van der Waals surface area contributed by atoms with Gasteiger partial charge < -0.3 is 20.4 Å². The Morgan fingerprint density at radius 1 is 0.962 bits per heavy atom. The van der Waals surface area contributed by atoms with E-state index in [1.807, 2.05) is 0 Å². The van der Waals surface area contributed by atoms with Crippen LogP contribution in [0.2, 0.25) is 5.02 Å². The van der Waals surface area contributed by atoms with Gasteiger partial charge >= 0.3 is 0 Å². The molecule has 0 aliphatic carbocycles. The van der Waals surface area contributed by atoms with E-state index in [1.54, 1.807) is 24.3 Å². The van der Waals surface area contributed by atoms with Crippen LogP contribution in [0.1, 0.15) is 6.42 Å². The van der Waals surface area contributed by atoms with Gasteiger partial charge in [0.25, 0.3) is 0 Å². The summed E-state index contributed by atoms with van der Waals surface area (Å²) < 4.78 is 0. The van der Waals surface area contributed by atoms with Crippen molar-refractivity contribution in [1.82, 2.24) is 4.90 Å². The van der Waals surface area contributed by atoms with Gasteiger partial charge in [-0.05, 0) is 55.6 Å². The second kappa shape index (κ2) is 8.92. The van der Waals surface area contributed by atoms with Crippen molar-refractivity contribution >= 4 is 34.6 Å². The lowest BCUT2D eigenvalue weighted by Gasteiger charge is -2.34. The number of hydrogen-bond acceptors (Lipinski definition) is 4. The summed E-state index contributed by atoms with van der Waals surface area (Å²) in [6.07, 6.45) is 0.406. The number of carbonyl (C=O) groups is 1. The fourth-order valence-corrected chi connectivity index (χ4v) is 3.06. The molecule has 1 saturated heterocycles.